The van der Waals surface area contributed by atoms with Crippen molar-refractivity contribution in [3.05, 3.63) is 59.7 Å². The van der Waals surface area contributed by atoms with Crippen molar-refractivity contribution < 1.29 is 14.3 Å². The number of methoxy groups -OCH3 is 2. The van der Waals surface area contributed by atoms with E-state index >= 15 is 0 Å². The summed E-state index contributed by atoms with van der Waals surface area (Å²) in [4.78, 5) is 12.1. The van der Waals surface area contributed by atoms with Crippen molar-refractivity contribution >= 4 is 5.78 Å². The second-order valence-corrected chi connectivity index (χ2v) is 4.05. The van der Waals surface area contributed by atoms with Crippen LogP contribution in [0.2, 0.25) is 0 Å². The summed E-state index contributed by atoms with van der Waals surface area (Å²) in [6, 6.07) is 14.4. The van der Waals surface area contributed by atoms with E-state index in [1.165, 1.54) is 0 Å². The molecule has 0 fully saturated rings. The fourth-order valence-corrected chi connectivity index (χ4v) is 1.66. The lowest BCUT2D eigenvalue weighted by atomic mass is 10.1. The summed E-state index contributed by atoms with van der Waals surface area (Å²) in [5, 5.41) is 0. The van der Waals surface area contributed by atoms with Gasteiger partial charge in [-0.3, -0.25) is 4.79 Å². The number of benzene rings is 2. The highest BCUT2D eigenvalue weighted by molar-refractivity contribution is 6.09. The Balaban J connectivity index is 2.28. The number of carbonyl (C=O) groups excluding carboxylic acids is 1. The van der Waals surface area contributed by atoms with Crippen molar-refractivity contribution in [1.82, 2.24) is 0 Å². The van der Waals surface area contributed by atoms with Crippen LogP contribution >= 0.6 is 0 Å². The molecule has 3 heteroatoms. The summed E-state index contributed by atoms with van der Waals surface area (Å²) in [6.07, 6.45) is 0. The van der Waals surface area contributed by atoms with Gasteiger partial charge in [-0.15, -0.1) is 0 Å². The zero-order valence-electron chi connectivity index (χ0n) is 11.3. The molecule has 2 rings (SSSR count). The number of rotatable bonds is 3. The molecule has 2 aromatic carbocycles. The van der Waals surface area contributed by atoms with Gasteiger partial charge in [-0.05, 0) is 30.2 Å². The number of Topliss-reactive ketones (excluding diaryl/α,β-unsaturated/α-hetero) is 1. The van der Waals surface area contributed by atoms with E-state index in [1.54, 1.807) is 32.4 Å². The van der Waals surface area contributed by atoms with E-state index < -0.39 is 0 Å². The predicted molar refractivity (Wildman–Crippen MR) is 77.2 cm³/mol. The lowest BCUT2D eigenvalue weighted by Gasteiger charge is -2.05. The minimum atomic E-state index is -0.272. The Morgan fingerprint density at radius 1 is 0.950 bits per heavy atom. The van der Waals surface area contributed by atoms with Crippen LogP contribution in [0.15, 0.2) is 48.5 Å². The van der Waals surface area contributed by atoms with Crippen LogP contribution in [0.4, 0.5) is 0 Å². The molecule has 0 unspecified atom stereocenters. The zero-order chi connectivity index (χ0) is 14.4. The summed E-state index contributed by atoms with van der Waals surface area (Å²) < 4.78 is 10.3. The second-order valence-electron chi connectivity index (χ2n) is 4.05. The third kappa shape index (κ3) is 3.39. The molecule has 0 bridgehead atoms. The van der Waals surface area contributed by atoms with E-state index in [-0.39, 0.29) is 5.78 Å². The zero-order valence-corrected chi connectivity index (χ0v) is 11.3. The molecule has 100 valence electrons. The summed E-state index contributed by atoms with van der Waals surface area (Å²) in [5.41, 5.74) is 1.25. The highest BCUT2D eigenvalue weighted by atomic mass is 16.5. The Bertz CT molecular complexity index is 641. The first-order chi connectivity index (χ1) is 9.72. The van der Waals surface area contributed by atoms with Gasteiger partial charge < -0.3 is 9.47 Å². The van der Waals surface area contributed by atoms with Gasteiger partial charge in [0, 0.05) is 17.2 Å². The molecule has 0 spiro atoms. The van der Waals surface area contributed by atoms with E-state index in [2.05, 4.69) is 11.8 Å². The van der Waals surface area contributed by atoms with E-state index in [4.69, 9.17) is 9.47 Å². The molecule has 0 saturated heterocycles. The molecule has 2 aromatic rings. The molecule has 0 heterocycles. The molecule has 0 atom stereocenters. The molecule has 0 aliphatic heterocycles. The van der Waals surface area contributed by atoms with Crippen LogP contribution in [0.3, 0.4) is 0 Å². The first-order valence-corrected chi connectivity index (χ1v) is 6.07. The third-order valence-corrected chi connectivity index (χ3v) is 2.71. The van der Waals surface area contributed by atoms with Crippen molar-refractivity contribution in [1.29, 1.82) is 0 Å². The predicted octanol–water partition coefficient (Wildman–Crippen LogP) is 2.94. The van der Waals surface area contributed by atoms with Gasteiger partial charge >= 0.3 is 0 Å². The fraction of sp³-hybridized carbons (Fsp3) is 0.118. The number of hydrogen-bond acceptors (Lipinski definition) is 3. The average Bonchev–Trinajstić information content (AvgIpc) is 2.52. The van der Waals surface area contributed by atoms with Gasteiger partial charge in [0.1, 0.15) is 11.5 Å². The molecular formula is C17H14O3. The Labute approximate surface area is 118 Å². The molecule has 3 nitrogen and oxygen atoms in total. The highest BCUT2D eigenvalue weighted by Crippen LogP contribution is 2.22. The minimum absolute atomic E-state index is 0.272. The number of ketones is 1. The Hall–Kier alpha value is -2.73. The topological polar surface area (TPSA) is 35.5 Å². The number of hydrogen-bond donors (Lipinski definition) is 0. The van der Waals surface area contributed by atoms with Crippen LogP contribution in [0.25, 0.3) is 0 Å². The van der Waals surface area contributed by atoms with Gasteiger partial charge in [0.05, 0.1) is 14.2 Å². The standard InChI is InChI=1S/C17H14O3/c1-19-15-10-14(11-16(12-15)20-2)17(18)9-8-13-6-4-3-5-7-13/h3-7,10-12H,1-2H3. The summed E-state index contributed by atoms with van der Waals surface area (Å²) >= 11 is 0. The van der Waals surface area contributed by atoms with Crippen molar-refractivity contribution in [3.8, 4) is 23.3 Å². The van der Waals surface area contributed by atoms with Crippen LogP contribution < -0.4 is 9.47 Å². The molecule has 0 aromatic heterocycles. The van der Waals surface area contributed by atoms with Crippen molar-refractivity contribution in [3.63, 3.8) is 0 Å². The molecule has 0 saturated carbocycles. The van der Waals surface area contributed by atoms with E-state index in [1.807, 2.05) is 30.3 Å². The largest absolute Gasteiger partial charge is 0.497 e. The molecule has 20 heavy (non-hydrogen) atoms. The Kier molecular flexibility index (Phi) is 4.41. The monoisotopic (exact) mass is 266 g/mol. The summed E-state index contributed by atoms with van der Waals surface area (Å²) in [5.74, 6) is 6.31. The maximum atomic E-state index is 12.1. The summed E-state index contributed by atoms with van der Waals surface area (Å²) in [7, 11) is 3.08. The summed E-state index contributed by atoms with van der Waals surface area (Å²) in [6.45, 7) is 0. The third-order valence-electron chi connectivity index (χ3n) is 2.71. The average molecular weight is 266 g/mol. The van der Waals surface area contributed by atoms with Gasteiger partial charge in [-0.1, -0.05) is 24.1 Å². The molecule has 0 radical (unpaired) electrons. The maximum absolute atomic E-state index is 12.1. The van der Waals surface area contributed by atoms with Gasteiger partial charge in [-0.25, -0.2) is 0 Å². The van der Waals surface area contributed by atoms with Crippen molar-refractivity contribution in [2.75, 3.05) is 14.2 Å². The van der Waals surface area contributed by atoms with Crippen LogP contribution in [-0.4, -0.2) is 20.0 Å². The van der Waals surface area contributed by atoms with Gasteiger partial charge in [-0.2, -0.15) is 0 Å². The van der Waals surface area contributed by atoms with E-state index in [0.717, 1.165) is 5.56 Å². The van der Waals surface area contributed by atoms with Gasteiger partial charge in [0.2, 0.25) is 5.78 Å². The number of ether oxygens (including phenoxy) is 2. The van der Waals surface area contributed by atoms with Crippen molar-refractivity contribution in [2.45, 2.75) is 0 Å². The van der Waals surface area contributed by atoms with E-state index in [0.29, 0.717) is 17.1 Å². The van der Waals surface area contributed by atoms with Crippen molar-refractivity contribution in [2.24, 2.45) is 0 Å². The smallest absolute Gasteiger partial charge is 0.236 e. The van der Waals surface area contributed by atoms with Crippen LogP contribution in [0.5, 0.6) is 11.5 Å². The SMILES string of the molecule is COc1cc(OC)cc(C(=O)C#Cc2ccccc2)c1. The number of carbonyl (C=O) groups is 1. The van der Waals surface area contributed by atoms with E-state index in [9.17, 15) is 4.79 Å². The Morgan fingerprint density at radius 3 is 2.10 bits per heavy atom. The highest BCUT2D eigenvalue weighted by Gasteiger charge is 2.07. The molecule has 0 amide bonds. The minimum Gasteiger partial charge on any atom is -0.497 e. The second kappa shape index (κ2) is 6.44. The molecule has 0 N–H and O–H groups in total. The normalized spacial score (nSPS) is 9.30. The quantitative estimate of drug-likeness (QED) is 0.633. The maximum Gasteiger partial charge on any atom is 0.236 e. The molecular weight excluding hydrogens is 252 g/mol. The molecule has 0 aliphatic rings. The lowest BCUT2D eigenvalue weighted by molar-refractivity contribution is 0.105. The van der Waals surface area contributed by atoms with Crippen LogP contribution in [0, 0.1) is 11.8 Å². The van der Waals surface area contributed by atoms with Gasteiger partial charge in [0.15, 0.2) is 0 Å². The Morgan fingerprint density at radius 2 is 1.55 bits per heavy atom. The molecule has 0 aliphatic carbocycles. The van der Waals surface area contributed by atoms with Gasteiger partial charge in [0.25, 0.3) is 0 Å². The fourth-order valence-electron chi connectivity index (χ4n) is 1.66. The first kappa shape index (κ1) is 13.7. The van der Waals surface area contributed by atoms with Crippen LogP contribution in [-0.2, 0) is 0 Å². The van der Waals surface area contributed by atoms with Crippen LogP contribution in [0.1, 0.15) is 15.9 Å². The first-order valence-electron chi connectivity index (χ1n) is 6.07. The lowest BCUT2D eigenvalue weighted by Crippen LogP contribution is -1.97.